The second-order valence-electron chi connectivity index (χ2n) is 6.42. The number of benzene rings is 1. The molecule has 0 spiro atoms. The number of nitrogens with zero attached hydrogens (tertiary/aromatic N) is 4. The van der Waals surface area contributed by atoms with Crippen LogP contribution in [0.25, 0.3) is 0 Å². The Balaban J connectivity index is 1.56. The first kappa shape index (κ1) is 17.5. The van der Waals surface area contributed by atoms with Gasteiger partial charge in [0, 0.05) is 44.3 Å². The molecular formula is C19H26N4O2. The Morgan fingerprint density at radius 1 is 1.20 bits per heavy atom. The van der Waals surface area contributed by atoms with E-state index in [2.05, 4.69) is 14.5 Å². The third-order valence-electron chi connectivity index (χ3n) is 4.93. The van der Waals surface area contributed by atoms with E-state index < -0.39 is 0 Å². The number of carbonyl (C=O) groups is 1. The number of hydrogen-bond acceptors (Lipinski definition) is 4. The Morgan fingerprint density at radius 3 is 2.60 bits per heavy atom. The van der Waals surface area contributed by atoms with E-state index in [4.69, 9.17) is 4.74 Å². The Bertz CT molecular complexity index is 710. The summed E-state index contributed by atoms with van der Waals surface area (Å²) in [7, 11) is 1.65. The summed E-state index contributed by atoms with van der Waals surface area (Å²) in [5.41, 5.74) is 0.936. The average molecular weight is 342 g/mol. The van der Waals surface area contributed by atoms with Gasteiger partial charge in [-0.2, -0.15) is 0 Å². The Morgan fingerprint density at radius 2 is 1.96 bits per heavy atom. The van der Waals surface area contributed by atoms with E-state index >= 15 is 0 Å². The van der Waals surface area contributed by atoms with Gasteiger partial charge < -0.3 is 14.2 Å². The second kappa shape index (κ2) is 7.70. The maximum absolute atomic E-state index is 12.8. The highest BCUT2D eigenvalue weighted by molar-refractivity contribution is 5.97. The van der Waals surface area contributed by atoms with Crippen molar-refractivity contribution in [3.8, 4) is 5.75 Å². The number of anilines is 1. The van der Waals surface area contributed by atoms with Crippen LogP contribution in [-0.2, 0) is 11.3 Å². The first-order valence-electron chi connectivity index (χ1n) is 8.77. The summed E-state index contributed by atoms with van der Waals surface area (Å²) in [6, 6.07) is 7.59. The van der Waals surface area contributed by atoms with Crippen LogP contribution >= 0.6 is 0 Å². The molecule has 25 heavy (non-hydrogen) atoms. The van der Waals surface area contributed by atoms with Crippen LogP contribution in [0.3, 0.4) is 0 Å². The lowest BCUT2D eigenvalue weighted by molar-refractivity contribution is -0.125. The van der Waals surface area contributed by atoms with Crippen molar-refractivity contribution >= 4 is 11.6 Å². The molecule has 1 aliphatic rings. The van der Waals surface area contributed by atoms with Gasteiger partial charge in [-0.1, -0.05) is 0 Å². The molecule has 1 aromatic heterocycles. The highest BCUT2D eigenvalue weighted by Gasteiger charge is 2.31. The van der Waals surface area contributed by atoms with Crippen molar-refractivity contribution < 1.29 is 9.53 Å². The zero-order chi connectivity index (χ0) is 17.8. The fourth-order valence-corrected chi connectivity index (χ4v) is 3.32. The summed E-state index contributed by atoms with van der Waals surface area (Å²) in [5, 5.41) is 0. The SMILES string of the molecule is COc1ccc(N2CCN(CCCn3ccnc3C)[C@H](C)C2=O)cc1. The molecule has 0 radical (unpaired) electrons. The summed E-state index contributed by atoms with van der Waals surface area (Å²) in [6.45, 7) is 7.48. The first-order chi connectivity index (χ1) is 12.1. The lowest BCUT2D eigenvalue weighted by Gasteiger charge is -2.39. The molecule has 0 unspecified atom stereocenters. The number of rotatable bonds is 6. The van der Waals surface area contributed by atoms with Crippen molar-refractivity contribution in [3.05, 3.63) is 42.5 Å². The molecule has 1 fully saturated rings. The number of imidazole rings is 1. The van der Waals surface area contributed by atoms with E-state index in [-0.39, 0.29) is 11.9 Å². The average Bonchev–Trinajstić information content (AvgIpc) is 3.04. The van der Waals surface area contributed by atoms with E-state index in [0.29, 0.717) is 0 Å². The summed E-state index contributed by atoms with van der Waals surface area (Å²) < 4.78 is 7.34. The van der Waals surface area contributed by atoms with Crippen molar-refractivity contribution in [1.29, 1.82) is 0 Å². The smallest absolute Gasteiger partial charge is 0.244 e. The van der Waals surface area contributed by atoms with Crippen molar-refractivity contribution in [3.63, 3.8) is 0 Å². The van der Waals surface area contributed by atoms with Crippen molar-refractivity contribution in [1.82, 2.24) is 14.5 Å². The van der Waals surface area contributed by atoms with Gasteiger partial charge in [-0.25, -0.2) is 4.98 Å². The molecular weight excluding hydrogens is 316 g/mol. The molecule has 2 aromatic rings. The van der Waals surface area contributed by atoms with Gasteiger partial charge in [0.1, 0.15) is 11.6 Å². The number of ether oxygens (including phenoxy) is 1. The van der Waals surface area contributed by atoms with Crippen LogP contribution in [-0.4, -0.2) is 53.1 Å². The van der Waals surface area contributed by atoms with Crippen LogP contribution in [0.2, 0.25) is 0 Å². The summed E-state index contributed by atoms with van der Waals surface area (Å²) in [6.07, 6.45) is 4.85. The topological polar surface area (TPSA) is 50.6 Å². The van der Waals surface area contributed by atoms with Crippen molar-refractivity contribution in [2.75, 3.05) is 31.6 Å². The zero-order valence-corrected chi connectivity index (χ0v) is 15.2. The largest absolute Gasteiger partial charge is 0.497 e. The summed E-state index contributed by atoms with van der Waals surface area (Å²) in [5.74, 6) is 2.00. The predicted molar refractivity (Wildman–Crippen MR) is 98.0 cm³/mol. The van der Waals surface area contributed by atoms with E-state index in [9.17, 15) is 4.79 Å². The Hall–Kier alpha value is -2.34. The predicted octanol–water partition coefficient (Wildman–Crippen LogP) is 2.33. The van der Waals surface area contributed by atoms with Gasteiger partial charge >= 0.3 is 0 Å². The van der Waals surface area contributed by atoms with E-state index in [1.54, 1.807) is 7.11 Å². The zero-order valence-electron chi connectivity index (χ0n) is 15.2. The maximum atomic E-state index is 12.8. The normalized spacial score (nSPS) is 18.6. The molecule has 0 aliphatic carbocycles. The highest BCUT2D eigenvalue weighted by Crippen LogP contribution is 2.23. The molecule has 1 atom stereocenters. The fourth-order valence-electron chi connectivity index (χ4n) is 3.32. The molecule has 1 amide bonds. The Labute approximate surface area is 149 Å². The summed E-state index contributed by atoms with van der Waals surface area (Å²) >= 11 is 0. The van der Waals surface area contributed by atoms with Crippen LogP contribution in [0.4, 0.5) is 5.69 Å². The minimum absolute atomic E-state index is 0.0975. The standard InChI is InChI=1S/C19H26N4O2/c1-15-19(24)23(17-5-7-18(25-3)8-6-17)14-13-21(15)10-4-11-22-12-9-20-16(22)2/h5-9,12,15H,4,10-11,13-14H2,1-3H3/t15-/m1/s1. The number of piperazine rings is 1. The molecule has 1 aromatic carbocycles. The van der Waals surface area contributed by atoms with Crippen molar-refractivity contribution in [2.24, 2.45) is 0 Å². The van der Waals surface area contributed by atoms with Crippen molar-refractivity contribution in [2.45, 2.75) is 32.9 Å². The van der Waals surface area contributed by atoms with E-state index in [1.807, 2.05) is 55.4 Å². The third kappa shape index (κ3) is 3.85. The lowest BCUT2D eigenvalue weighted by atomic mass is 10.1. The van der Waals surface area contributed by atoms with Crippen LogP contribution in [0.5, 0.6) is 5.75 Å². The summed E-state index contributed by atoms with van der Waals surface area (Å²) in [4.78, 5) is 21.2. The fraction of sp³-hybridized carbons (Fsp3) is 0.474. The van der Waals surface area contributed by atoms with Gasteiger partial charge in [0.25, 0.3) is 0 Å². The van der Waals surface area contributed by atoms with Gasteiger partial charge in [0.05, 0.1) is 13.2 Å². The highest BCUT2D eigenvalue weighted by atomic mass is 16.5. The first-order valence-corrected chi connectivity index (χ1v) is 8.77. The molecule has 3 rings (SSSR count). The van der Waals surface area contributed by atoms with Gasteiger partial charge in [0.2, 0.25) is 5.91 Å². The molecule has 1 saturated heterocycles. The molecule has 0 N–H and O–H groups in total. The van der Waals surface area contributed by atoms with Gasteiger partial charge in [-0.05, 0) is 44.5 Å². The number of aromatic nitrogens is 2. The van der Waals surface area contributed by atoms with Crippen LogP contribution in [0.15, 0.2) is 36.7 Å². The Kier molecular flexibility index (Phi) is 5.38. The third-order valence-corrected chi connectivity index (χ3v) is 4.93. The molecule has 2 heterocycles. The molecule has 6 heteroatoms. The van der Waals surface area contributed by atoms with E-state index in [1.165, 1.54) is 0 Å². The molecule has 1 aliphatic heterocycles. The van der Waals surface area contributed by atoms with Crippen LogP contribution < -0.4 is 9.64 Å². The number of hydrogen-bond donors (Lipinski definition) is 0. The lowest BCUT2D eigenvalue weighted by Crippen LogP contribution is -2.56. The monoisotopic (exact) mass is 342 g/mol. The number of aryl methyl sites for hydroxylation is 2. The number of amides is 1. The van der Waals surface area contributed by atoms with Gasteiger partial charge in [0.15, 0.2) is 0 Å². The molecule has 6 nitrogen and oxygen atoms in total. The van der Waals surface area contributed by atoms with Gasteiger partial charge in [-0.15, -0.1) is 0 Å². The van der Waals surface area contributed by atoms with E-state index in [0.717, 1.165) is 49.9 Å². The molecule has 0 bridgehead atoms. The second-order valence-corrected chi connectivity index (χ2v) is 6.42. The van der Waals surface area contributed by atoms with Crippen LogP contribution in [0, 0.1) is 6.92 Å². The number of methoxy groups -OCH3 is 1. The minimum atomic E-state index is -0.0975. The number of carbonyl (C=O) groups excluding carboxylic acids is 1. The van der Waals surface area contributed by atoms with Gasteiger partial charge in [-0.3, -0.25) is 9.69 Å². The minimum Gasteiger partial charge on any atom is -0.497 e. The molecule has 134 valence electrons. The maximum Gasteiger partial charge on any atom is 0.244 e. The molecule has 0 saturated carbocycles. The van der Waals surface area contributed by atoms with Crippen LogP contribution in [0.1, 0.15) is 19.2 Å². The quantitative estimate of drug-likeness (QED) is 0.808.